The molecule has 0 spiro atoms. The molecular weight excluding hydrogens is 785 g/mol. The number of azo groups is 1. The molecule has 0 amide bonds. The number of nitro benzene ring substituents is 2. The summed E-state index contributed by atoms with van der Waals surface area (Å²) in [7, 11) is 0. The number of anilines is 2. The van der Waals surface area contributed by atoms with Crippen LogP contribution in [0, 0.1) is 27.2 Å². The number of esters is 2. The van der Waals surface area contributed by atoms with Crippen LogP contribution in [-0.4, -0.2) is 73.4 Å². The maximum Gasteiger partial charge on any atom is 0.330 e. The fraction of sp³-hybridized carbons (Fsp3) is 0.511. The molecular formula is C45H62N6O10. The van der Waals surface area contributed by atoms with Crippen molar-refractivity contribution in [3.8, 4) is 0 Å². The highest BCUT2D eigenvalue weighted by molar-refractivity contribution is 5.81. The second-order valence-electron chi connectivity index (χ2n) is 14.6. The number of unbranched alkanes of at least 4 members (excludes halogenated alkanes) is 10. The van der Waals surface area contributed by atoms with E-state index in [1.165, 1.54) is 64.2 Å². The Kier molecular flexibility index (Phi) is 22.5. The highest BCUT2D eigenvalue weighted by atomic mass is 16.6. The molecule has 0 saturated heterocycles. The summed E-state index contributed by atoms with van der Waals surface area (Å²) in [6.45, 7) is 15.0. The number of hydrogen-bond donors (Lipinski definition) is 1. The van der Waals surface area contributed by atoms with Gasteiger partial charge in [0.2, 0.25) is 0 Å². The van der Waals surface area contributed by atoms with Crippen molar-refractivity contribution < 1.29 is 38.4 Å². The van der Waals surface area contributed by atoms with Gasteiger partial charge in [-0.3, -0.25) is 20.2 Å². The van der Waals surface area contributed by atoms with E-state index in [0.29, 0.717) is 0 Å². The number of non-ortho nitro benzene ring substituents is 1. The van der Waals surface area contributed by atoms with Gasteiger partial charge in [0.05, 0.1) is 28.6 Å². The van der Waals surface area contributed by atoms with Crippen LogP contribution in [0.15, 0.2) is 95.5 Å². The lowest BCUT2D eigenvalue weighted by atomic mass is 10.0. The minimum absolute atomic E-state index is 0.0114. The Balaban J connectivity index is 1.95. The van der Waals surface area contributed by atoms with Gasteiger partial charge in [-0.15, -0.1) is 10.2 Å². The molecule has 2 aromatic carbocycles. The molecule has 1 aliphatic rings. The Bertz CT molecular complexity index is 1850. The third-order valence-corrected chi connectivity index (χ3v) is 9.91. The fourth-order valence-electron chi connectivity index (χ4n) is 6.59. The highest BCUT2D eigenvalue weighted by Crippen LogP contribution is 2.34. The van der Waals surface area contributed by atoms with E-state index in [1.807, 2.05) is 13.0 Å². The summed E-state index contributed by atoms with van der Waals surface area (Å²) in [6, 6.07) is 8.79. The zero-order valence-electron chi connectivity index (χ0n) is 35.9. The molecule has 2 unspecified atom stereocenters. The summed E-state index contributed by atoms with van der Waals surface area (Å²) in [4.78, 5) is 47.5. The number of nitrogens with zero attached hydrogens (tertiary/aromatic N) is 5. The zero-order valence-corrected chi connectivity index (χ0v) is 35.9. The number of aryl methyl sites for hydroxylation is 1. The molecule has 332 valence electrons. The van der Waals surface area contributed by atoms with Gasteiger partial charge in [-0.2, -0.15) is 0 Å². The Morgan fingerprint density at radius 1 is 0.770 bits per heavy atom. The van der Waals surface area contributed by atoms with Crippen LogP contribution in [0.2, 0.25) is 0 Å². The number of carbonyl (C=O) groups is 2. The molecule has 0 fully saturated rings. The van der Waals surface area contributed by atoms with Crippen molar-refractivity contribution in [3.63, 3.8) is 0 Å². The summed E-state index contributed by atoms with van der Waals surface area (Å²) < 4.78 is 22.5. The first kappa shape index (κ1) is 49.5. The van der Waals surface area contributed by atoms with E-state index in [4.69, 9.17) is 18.9 Å². The van der Waals surface area contributed by atoms with Gasteiger partial charge in [0.15, 0.2) is 5.69 Å². The van der Waals surface area contributed by atoms with Crippen LogP contribution in [0.3, 0.4) is 0 Å². The Morgan fingerprint density at radius 3 is 1.95 bits per heavy atom. The number of benzene rings is 2. The predicted octanol–water partition coefficient (Wildman–Crippen LogP) is 10.5. The lowest BCUT2D eigenvalue weighted by Crippen LogP contribution is -2.37. The molecule has 2 atom stereocenters. The first-order valence-electron chi connectivity index (χ1n) is 21.2. The molecule has 0 bridgehead atoms. The molecule has 0 saturated carbocycles. The minimum atomic E-state index is -0.787. The molecule has 16 heteroatoms. The van der Waals surface area contributed by atoms with Crippen LogP contribution in [-0.2, 0) is 28.5 Å². The monoisotopic (exact) mass is 846 g/mol. The van der Waals surface area contributed by atoms with Gasteiger partial charge in [-0.1, -0.05) is 91.2 Å². The Morgan fingerprint density at radius 2 is 1.38 bits per heavy atom. The van der Waals surface area contributed by atoms with Crippen molar-refractivity contribution in [1.29, 1.82) is 0 Å². The van der Waals surface area contributed by atoms with E-state index >= 15 is 0 Å². The Labute approximate surface area is 359 Å². The summed E-state index contributed by atoms with van der Waals surface area (Å²) in [5.41, 5.74) is 1.76. The van der Waals surface area contributed by atoms with Crippen LogP contribution < -0.4 is 10.2 Å². The van der Waals surface area contributed by atoms with Crippen LogP contribution >= 0.6 is 0 Å². The van der Waals surface area contributed by atoms with Gasteiger partial charge in [0, 0.05) is 42.7 Å². The van der Waals surface area contributed by atoms with Crippen LogP contribution in [0.1, 0.15) is 96.5 Å². The summed E-state index contributed by atoms with van der Waals surface area (Å²) in [6.07, 6.45) is 19.3. The van der Waals surface area contributed by atoms with Gasteiger partial charge in [-0.25, -0.2) is 9.59 Å². The van der Waals surface area contributed by atoms with Crippen molar-refractivity contribution in [1.82, 2.24) is 0 Å². The smallest absolute Gasteiger partial charge is 0.330 e. The van der Waals surface area contributed by atoms with Gasteiger partial charge >= 0.3 is 17.6 Å². The molecule has 3 rings (SSSR count). The number of hydrogen-bond acceptors (Lipinski definition) is 14. The number of nitro groups is 2. The maximum absolute atomic E-state index is 11.8. The van der Waals surface area contributed by atoms with E-state index in [2.05, 4.69) is 59.6 Å². The Hall–Kier alpha value is -5.90. The molecule has 2 aromatic rings. The maximum atomic E-state index is 11.8. The van der Waals surface area contributed by atoms with Gasteiger partial charge < -0.3 is 29.2 Å². The topological polar surface area (TPSA) is 197 Å². The van der Waals surface area contributed by atoms with Crippen molar-refractivity contribution in [3.05, 3.63) is 111 Å². The number of nitrogens with one attached hydrogen (secondary N) is 1. The van der Waals surface area contributed by atoms with Gasteiger partial charge in [0.25, 0.3) is 5.69 Å². The van der Waals surface area contributed by atoms with E-state index in [1.54, 1.807) is 12.2 Å². The quantitative estimate of drug-likeness (QED) is 0.0188. The van der Waals surface area contributed by atoms with Gasteiger partial charge in [0.1, 0.15) is 37.4 Å². The van der Waals surface area contributed by atoms with E-state index in [0.717, 1.165) is 73.2 Å². The third kappa shape index (κ3) is 17.7. The van der Waals surface area contributed by atoms with Crippen molar-refractivity contribution in [2.75, 3.05) is 49.7 Å². The lowest BCUT2D eigenvalue weighted by Gasteiger charge is -2.30. The van der Waals surface area contributed by atoms with Crippen LogP contribution in [0.5, 0.6) is 0 Å². The first-order chi connectivity index (χ1) is 29.5. The number of ether oxygens (including phenoxy) is 4. The van der Waals surface area contributed by atoms with Crippen molar-refractivity contribution in [2.24, 2.45) is 10.2 Å². The molecule has 0 radical (unpaired) electrons. The molecule has 16 nitrogen and oxygen atoms in total. The van der Waals surface area contributed by atoms with E-state index in [9.17, 15) is 29.8 Å². The van der Waals surface area contributed by atoms with Crippen LogP contribution in [0.25, 0.3) is 0 Å². The molecule has 0 aliphatic heterocycles. The van der Waals surface area contributed by atoms with Crippen molar-refractivity contribution >= 4 is 40.4 Å². The standard InChI is InChI=1S/C45H62N6O10/c1-6-10-12-14-16-18-24-49(25-19-17-15-13-11-7-2)35-20-22-37(34(5)30-35)46-39-32-43(59-27-29-61-45(53)9-4)40(33-42(39)58-26-28-60-44(52)8-3)48-47-38-23-21-36(50(54)55)31-41(38)51(56)57/h8-9,20-23,30-33,39,42,46H,3-4,6-7,10-19,24-29H2,1-2,5H3. The second kappa shape index (κ2) is 27.8. The summed E-state index contributed by atoms with van der Waals surface area (Å²) in [5.74, 6) is -1.05. The molecule has 61 heavy (non-hydrogen) atoms. The van der Waals surface area contributed by atoms with E-state index < -0.39 is 45.3 Å². The molecule has 0 aromatic heterocycles. The molecule has 1 aliphatic carbocycles. The second-order valence-corrected chi connectivity index (χ2v) is 14.6. The predicted molar refractivity (Wildman–Crippen MR) is 236 cm³/mol. The van der Waals surface area contributed by atoms with Crippen LogP contribution in [0.4, 0.5) is 28.4 Å². The number of rotatable bonds is 31. The van der Waals surface area contributed by atoms with E-state index in [-0.39, 0.29) is 43.6 Å². The first-order valence-corrected chi connectivity index (χ1v) is 21.2. The zero-order chi connectivity index (χ0) is 44.4. The molecule has 1 N–H and O–H groups in total. The summed E-state index contributed by atoms with van der Waals surface area (Å²) in [5, 5.41) is 35.0. The normalized spacial score (nSPS) is 14.7. The van der Waals surface area contributed by atoms with Gasteiger partial charge in [-0.05, 0) is 61.7 Å². The minimum Gasteiger partial charge on any atom is -0.488 e. The summed E-state index contributed by atoms with van der Waals surface area (Å²) >= 11 is 0. The number of carbonyl (C=O) groups excluding carboxylic acids is 2. The average Bonchev–Trinajstić information content (AvgIpc) is 3.25. The third-order valence-electron chi connectivity index (χ3n) is 9.91. The lowest BCUT2D eigenvalue weighted by molar-refractivity contribution is -0.393. The largest absolute Gasteiger partial charge is 0.488 e. The fourth-order valence-corrected chi connectivity index (χ4v) is 6.59. The SMILES string of the molecule is C=CC(=O)OCCOC1=CC(Nc2ccc(N(CCCCCCCC)CCCCCCCC)cc2C)C(OCCOC(=O)C=C)C=C1N=Nc1ccc([N+](=O)[O-])cc1[N+](=O)[O-]. The van der Waals surface area contributed by atoms with Crippen molar-refractivity contribution in [2.45, 2.75) is 110 Å². The average molecular weight is 847 g/mol. The molecule has 0 heterocycles. The highest BCUT2D eigenvalue weighted by Gasteiger charge is 2.29.